The second kappa shape index (κ2) is 5.24. The van der Waals surface area contributed by atoms with Gasteiger partial charge >= 0.3 is 0 Å². The Hall–Kier alpha value is -0.710. The minimum atomic E-state index is -0.228. The van der Waals surface area contributed by atoms with Gasteiger partial charge in [-0.05, 0) is 18.2 Å². The minimum absolute atomic E-state index is 0.228. The largest absolute Gasteiger partial charge is 0.360 e. The van der Waals surface area contributed by atoms with Crippen molar-refractivity contribution in [1.29, 1.82) is 0 Å². The Morgan fingerprint density at radius 2 is 1.80 bits per heavy atom. The molecule has 0 bridgehead atoms. The smallest absolute Gasteiger partial charge is 0.197 e. The highest BCUT2D eigenvalue weighted by atomic mass is 35.5. The predicted octanol–water partition coefficient (Wildman–Crippen LogP) is 6.07. The topological polar surface area (TPSA) is 32.9 Å². The van der Waals surface area contributed by atoms with Gasteiger partial charge in [-0.3, -0.25) is 4.79 Å². The van der Waals surface area contributed by atoms with Crippen LogP contribution in [0.25, 0.3) is 10.9 Å². The molecule has 7 heteroatoms. The van der Waals surface area contributed by atoms with E-state index in [2.05, 4.69) is 4.98 Å². The van der Waals surface area contributed by atoms with E-state index in [1.165, 1.54) is 0 Å². The number of rotatable bonds is 2. The first-order valence-electron chi connectivity index (χ1n) is 5.43. The number of hydrogen-bond acceptors (Lipinski definition) is 2. The lowest BCUT2D eigenvalue weighted by Gasteiger charge is -2.00. The summed E-state index contributed by atoms with van der Waals surface area (Å²) in [5.41, 5.74) is 1.51. The summed E-state index contributed by atoms with van der Waals surface area (Å²) in [6, 6.07) is 4.86. The van der Waals surface area contributed by atoms with E-state index < -0.39 is 0 Å². The summed E-state index contributed by atoms with van der Waals surface area (Å²) in [7, 11) is 0. The fourth-order valence-electron chi connectivity index (χ4n) is 2.00. The van der Waals surface area contributed by atoms with Crippen LogP contribution in [0.1, 0.15) is 15.9 Å². The van der Waals surface area contributed by atoms with Gasteiger partial charge in [-0.15, -0.1) is 11.3 Å². The molecule has 2 heterocycles. The highest BCUT2D eigenvalue weighted by Crippen LogP contribution is 2.36. The first-order valence-corrected chi connectivity index (χ1v) is 7.76. The monoisotopic (exact) mass is 363 g/mol. The van der Waals surface area contributed by atoms with E-state index in [1.54, 1.807) is 24.4 Å². The molecular formula is C13H5Cl4NOS. The van der Waals surface area contributed by atoms with Crippen molar-refractivity contribution in [3.05, 3.63) is 54.2 Å². The molecule has 1 aromatic carbocycles. The maximum Gasteiger partial charge on any atom is 0.197 e. The number of thiophene rings is 1. The third-order valence-electron chi connectivity index (χ3n) is 2.84. The predicted molar refractivity (Wildman–Crippen MR) is 86.1 cm³/mol. The Morgan fingerprint density at radius 1 is 1.05 bits per heavy atom. The molecule has 0 aliphatic carbocycles. The molecule has 3 rings (SSSR count). The van der Waals surface area contributed by atoms with Gasteiger partial charge in [0.05, 0.1) is 14.9 Å². The fourth-order valence-corrected chi connectivity index (χ4v) is 4.06. The lowest BCUT2D eigenvalue weighted by molar-refractivity contribution is 0.104. The van der Waals surface area contributed by atoms with Crippen LogP contribution in [-0.4, -0.2) is 10.8 Å². The summed E-state index contributed by atoms with van der Waals surface area (Å²) < 4.78 is 0.826. The number of nitrogens with one attached hydrogen (secondary N) is 1. The Labute approximate surface area is 138 Å². The summed E-state index contributed by atoms with van der Waals surface area (Å²) in [6.07, 6.45) is 1.59. The minimum Gasteiger partial charge on any atom is -0.360 e. The summed E-state index contributed by atoms with van der Waals surface area (Å²) in [6.45, 7) is 0. The molecule has 0 atom stereocenters. The van der Waals surface area contributed by atoms with Crippen LogP contribution < -0.4 is 0 Å². The van der Waals surface area contributed by atoms with Crippen molar-refractivity contribution in [3.63, 3.8) is 0 Å². The van der Waals surface area contributed by atoms with Crippen molar-refractivity contribution in [1.82, 2.24) is 4.98 Å². The Bertz CT molecular complexity index is 836. The van der Waals surface area contributed by atoms with Gasteiger partial charge in [0, 0.05) is 27.7 Å². The second-order valence-corrected chi connectivity index (χ2v) is 7.21. The van der Waals surface area contributed by atoms with E-state index in [1.807, 2.05) is 0 Å². The highest BCUT2D eigenvalue weighted by molar-refractivity contribution is 7.20. The number of ketones is 1. The zero-order valence-corrected chi connectivity index (χ0v) is 13.5. The van der Waals surface area contributed by atoms with E-state index in [9.17, 15) is 4.79 Å². The average Bonchev–Trinajstić information content (AvgIpc) is 2.92. The maximum atomic E-state index is 12.5. The van der Waals surface area contributed by atoms with E-state index in [0.29, 0.717) is 40.7 Å². The molecule has 0 saturated carbocycles. The standard InChI is InChI=1S/C13H5Cl4NOS/c14-5-1-8(15)11-7(4-18-9(11)2-5)12(19)6-3-10(16)20-13(6)17/h1-4,18H. The van der Waals surface area contributed by atoms with Crippen LogP contribution >= 0.6 is 57.7 Å². The number of carbonyl (C=O) groups excluding carboxylic acids is 1. The Balaban J connectivity index is 2.20. The SMILES string of the molecule is O=C(c1cc(Cl)sc1Cl)c1c[nH]c2cc(Cl)cc(Cl)c12. The Kier molecular flexibility index (Phi) is 3.73. The number of carbonyl (C=O) groups is 1. The van der Waals surface area contributed by atoms with Gasteiger partial charge in [0.2, 0.25) is 0 Å². The lowest BCUT2D eigenvalue weighted by Crippen LogP contribution is -1.99. The number of hydrogen-bond donors (Lipinski definition) is 1. The van der Waals surface area contributed by atoms with Crippen LogP contribution in [0.5, 0.6) is 0 Å². The number of fused-ring (bicyclic) bond motifs is 1. The lowest BCUT2D eigenvalue weighted by atomic mass is 10.1. The molecule has 0 spiro atoms. The summed E-state index contributed by atoms with van der Waals surface area (Å²) in [4.78, 5) is 15.5. The van der Waals surface area contributed by atoms with E-state index in [-0.39, 0.29) is 5.78 Å². The van der Waals surface area contributed by atoms with E-state index in [4.69, 9.17) is 46.4 Å². The van der Waals surface area contributed by atoms with Gasteiger partial charge < -0.3 is 4.98 Å². The fraction of sp³-hybridized carbons (Fsp3) is 0. The van der Waals surface area contributed by atoms with Gasteiger partial charge in [0.1, 0.15) is 4.34 Å². The third-order valence-corrected chi connectivity index (χ3v) is 4.85. The van der Waals surface area contributed by atoms with Crippen molar-refractivity contribution in [2.24, 2.45) is 0 Å². The summed E-state index contributed by atoms with van der Waals surface area (Å²) >= 11 is 25.2. The number of benzene rings is 1. The van der Waals surface area contributed by atoms with Crippen LogP contribution in [0, 0.1) is 0 Å². The third kappa shape index (κ3) is 2.34. The summed E-state index contributed by atoms with van der Waals surface area (Å²) in [5, 5.41) is 1.54. The number of aromatic amines is 1. The summed E-state index contributed by atoms with van der Waals surface area (Å²) in [5.74, 6) is -0.228. The van der Waals surface area contributed by atoms with Crippen molar-refractivity contribution in [2.75, 3.05) is 0 Å². The van der Waals surface area contributed by atoms with Crippen molar-refractivity contribution >= 4 is 74.4 Å². The van der Waals surface area contributed by atoms with Gasteiger partial charge in [-0.2, -0.15) is 0 Å². The second-order valence-electron chi connectivity index (χ2n) is 4.08. The molecule has 0 amide bonds. The number of aromatic nitrogens is 1. The molecule has 0 fully saturated rings. The Morgan fingerprint density at radius 3 is 2.45 bits per heavy atom. The molecule has 0 aliphatic rings. The molecule has 3 aromatic rings. The molecule has 0 radical (unpaired) electrons. The molecule has 0 unspecified atom stereocenters. The molecule has 0 saturated heterocycles. The van der Waals surface area contributed by atoms with Gasteiger partial charge in [-0.1, -0.05) is 46.4 Å². The van der Waals surface area contributed by atoms with Crippen LogP contribution in [-0.2, 0) is 0 Å². The first kappa shape index (κ1) is 14.2. The molecule has 20 heavy (non-hydrogen) atoms. The van der Waals surface area contributed by atoms with Crippen molar-refractivity contribution in [3.8, 4) is 0 Å². The van der Waals surface area contributed by atoms with Crippen molar-refractivity contribution in [2.45, 2.75) is 0 Å². The molecular weight excluding hydrogens is 360 g/mol. The van der Waals surface area contributed by atoms with Crippen LogP contribution in [0.2, 0.25) is 18.7 Å². The molecule has 1 N–H and O–H groups in total. The zero-order valence-electron chi connectivity index (χ0n) is 9.64. The van der Waals surface area contributed by atoms with Gasteiger partial charge in [-0.25, -0.2) is 0 Å². The molecule has 0 aliphatic heterocycles. The van der Waals surface area contributed by atoms with Crippen molar-refractivity contribution < 1.29 is 4.79 Å². The van der Waals surface area contributed by atoms with Crippen LogP contribution in [0.15, 0.2) is 24.4 Å². The van der Waals surface area contributed by atoms with Crippen LogP contribution in [0.4, 0.5) is 0 Å². The number of H-pyrrole nitrogens is 1. The van der Waals surface area contributed by atoms with E-state index >= 15 is 0 Å². The van der Waals surface area contributed by atoms with Crippen LogP contribution in [0.3, 0.4) is 0 Å². The van der Waals surface area contributed by atoms with E-state index in [0.717, 1.165) is 11.3 Å². The normalized spacial score (nSPS) is 11.2. The van der Waals surface area contributed by atoms with Gasteiger partial charge in [0.25, 0.3) is 0 Å². The van der Waals surface area contributed by atoms with Gasteiger partial charge in [0.15, 0.2) is 5.78 Å². The maximum absolute atomic E-state index is 12.5. The quantitative estimate of drug-likeness (QED) is 0.549. The number of halogens is 4. The molecule has 2 aromatic heterocycles. The highest BCUT2D eigenvalue weighted by Gasteiger charge is 2.21. The average molecular weight is 365 g/mol. The first-order chi connectivity index (χ1) is 9.47. The molecule has 102 valence electrons. The zero-order chi connectivity index (χ0) is 14.4. The molecule has 2 nitrogen and oxygen atoms in total.